The van der Waals surface area contributed by atoms with E-state index in [0.29, 0.717) is 25.6 Å². The van der Waals surface area contributed by atoms with Crippen LogP contribution in [0.3, 0.4) is 0 Å². The summed E-state index contributed by atoms with van der Waals surface area (Å²) in [4.78, 5) is 14.4. The van der Waals surface area contributed by atoms with Crippen LogP contribution in [0.4, 0.5) is 10.5 Å². The van der Waals surface area contributed by atoms with Crippen LogP contribution in [0.15, 0.2) is 42.5 Å². The first-order valence-electron chi connectivity index (χ1n) is 10.2. The van der Waals surface area contributed by atoms with E-state index < -0.39 is 0 Å². The molecular weight excluding hydrogens is 366 g/mol. The van der Waals surface area contributed by atoms with Gasteiger partial charge in [0.15, 0.2) is 0 Å². The van der Waals surface area contributed by atoms with Gasteiger partial charge in [0.2, 0.25) is 0 Å². The number of amides is 2. The number of rotatable bonds is 8. The predicted octanol–water partition coefficient (Wildman–Crippen LogP) is 3.52. The smallest absolute Gasteiger partial charge is 0.314 e. The Morgan fingerprint density at radius 1 is 1.10 bits per heavy atom. The van der Waals surface area contributed by atoms with E-state index >= 15 is 0 Å². The minimum atomic E-state index is -0.145. The number of benzene rings is 2. The molecule has 2 aromatic rings. The van der Waals surface area contributed by atoms with Gasteiger partial charge in [-0.15, -0.1) is 0 Å². The molecule has 6 nitrogen and oxygen atoms in total. The molecule has 3 rings (SSSR count). The molecule has 0 radical (unpaired) electrons. The Labute approximate surface area is 173 Å². The maximum Gasteiger partial charge on any atom is 0.314 e. The standard InChI is InChI=1S/C23H31N3O3/c1-17-11-18(2)13-22(12-17)29-10-8-24-23(27)25-15-19-7-9-26(16-19)20-5-4-6-21(14-20)28-3/h4-6,11-14,19H,7-10,15-16H2,1-3H3,(H2,24,25,27). The molecule has 156 valence electrons. The minimum Gasteiger partial charge on any atom is -0.497 e. The molecule has 0 bridgehead atoms. The van der Waals surface area contributed by atoms with Crippen molar-refractivity contribution in [2.75, 3.05) is 44.8 Å². The lowest BCUT2D eigenvalue weighted by Crippen LogP contribution is -2.40. The van der Waals surface area contributed by atoms with Crippen molar-refractivity contribution in [3.8, 4) is 11.5 Å². The van der Waals surface area contributed by atoms with Crippen LogP contribution in [-0.2, 0) is 0 Å². The van der Waals surface area contributed by atoms with Gasteiger partial charge in [-0.05, 0) is 61.6 Å². The van der Waals surface area contributed by atoms with Gasteiger partial charge in [0.25, 0.3) is 0 Å². The molecular formula is C23H31N3O3. The lowest BCUT2D eigenvalue weighted by Gasteiger charge is -2.19. The number of ether oxygens (including phenoxy) is 2. The number of nitrogens with zero attached hydrogens (tertiary/aromatic N) is 1. The average Bonchev–Trinajstić information content (AvgIpc) is 3.18. The lowest BCUT2D eigenvalue weighted by atomic mass is 10.1. The number of anilines is 1. The third kappa shape index (κ3) is 6.31. The zero-order chi connectivity index (χ0) is 20.6. The van der Waals surface area contributed by atoms with E-state index in [1.165, 1.54) is 16.8 Å². The molecule has 1 fully saturated rings. The van der Waals surface area contributed by atoms with Crippen LogP contribution >= 0.6 is 0 Å². The molecule has 0 spiro atoms. The number of carbonyl (C=O) groups is 1. The predicted molar refractivity (Wildman–Crippen MR) is 116 cm³/mol. The van der Waals surface area contributed by atoms with Crippen LogP contribution in [0.1, 0.15) is 17.5 Å². The van der Waals surface area contributed by atoms with Gasteiger partial charge < -0.3 is 25.0 Å². The average molecular weight is 398 g/mol. The third-order valence-electron chi connectivity index (χ3n) is 5.11. The Morgan fingerprint density at radius 2 is 1.90 bits per heavy atom. The molecule has 1 heterocycles. The summed E-state index contributed by atoms with van der Waals surface area (Å²) in [6.07, 6.45) is 1.06. The summed E-state index contributed by atoms with van der Waals surface area (Å²) < 4.78 is 11.0. The van der Waals surface area contributed by atoms with Crippen molar-refractivity contribution < 1.29 is 14.3 Å². The van der Waals surface area contributed by atoms with Gasteiger partial charge in [0.05, 0.1) is 13.7 Å². The Bertz CT molecular complexity index is 805. The first kappa shape index (κ1) is 20.8. The van der Waals surface area contributed by atoms with E-state index in [-0.39, 0.29) is 6.03 Å². The minimum absolute atomic E-state index is 0.145. The molecule has 1 aliphatic heterocycles. The number of urea groups is 1. The summed E-state index contributed by atoms with van der Waals surface area (Å²) in [6.45, 7) is 7.61. The third-order valence-corrected chi connectivity index (χ3v) is 5.11. The number of hydrogen-bond acceptors (Lipinski definition) is 4. The molecule has 0 aromatic heterocycles. The molecule has 0 saturated carbocycles. The first-order valence-corrected chi connectivity index (χ1v) is 10.2. The molecule has 2 aromatic carbocycles. The highest BCUT2D eigenvalue weighted by Crippen LogP contribution is 2.26. The van der Waals surface area contributed by atoms with Gasteiger partial charge >= 0.3 is 6.03 Å². The number of hydrogen-bond donors (Lipinski definition) is 2. The molecule has 1 aliphatic rings. The summed E-state index contributed by atoms with van der Waals surface area (Å²) in [7, 11) is 1.68. The number of methoxy groups -OCH3 is 1. The fraction of sp³-hybridized carbons (Fsp3) is 0.435. The van der Waals surface area contributed by atoms with E-state index in [2.05, 4.69) is 33.7 Å². The normalized spacial score (nSPS) is 15.8. The van der Waals surface area contributed by atoms with Gasteiger partial charge in [-0.2, -0.15) is 0 Å². The largest absolute Gasteiger partial charge is 0.497 e. The topological polar surface area (TPSA) is 62.8 Å². The summed E-state index contributed by atoms with van der Waals surface area (Å²) in [5, 5.41) is 5.84. The Hall–Kier alpha value is -2.89. The van der Waals surface area contributed by atoms with Crippen molar-refractivity contribution in [3.05, 3.63) is 53.6 Å². The Balaban J connectivity index is 1.33. The molecule has 1 saturated heterocycles. The van der Waals surface area contributed by atoms with Crippen molar-refractivity contribution in [2.45, 2.75) is 20.3 Å². The quantitative estimate of drug-likeness (QED) is 0.669. The van der Waals surface area contributed by atoms with Crippen LogP contribution in [-0.4, -0.2) is 45.9 Å². The second kappa shape index (κ2) is 10.0. The number of carbonyl (C=O) groups excluding carboxylic acids is 1. The summed E-state index contributed by atoms with van der Waals surface area (Å²) in [6, 6.07) is 14.1. The second-order valence-electron chi connectivity index (χ2n) is 7.61. The van der Waals surface area contributed by atoms with Crippen molar-refractivity contribution in [2.24, 2.45) is 5.92 Å². The van der Waals surface area contributed by atoms with Crippen LogP contribution in [0, 0.1) is 19.8 Å². The molecule has 1 unspecified atom stereocenters. The van der Waals surface area contributed by atoms with Gasteiger partial charge in [-0.1, -0.05) is 12.1 Å². The van der Waals surface area contributed by atoms with Gasteiger partial charge in [-0.25, -0.2) is 4.79 Å². The Kier molecular flexibility index (Phi) is 7.22. The van der Waals surface area contributed by atoms with Crippen LogP contribution in [0.25, 0.3) is 0 Å². The number of aryl methyl sites for hydroxylation is 2. The zero-order valence-corrected chi connectivity index (χ0v) is 17.5. The summed E-state index contributed by atoms with van der Waals surface area (Å²) >= 11 is 0. The molecule has 29 heavy (non-hydrogen) atoms. The molecule has 0 aliphatic carbocycles. The zero-order valence-electron chi connectivity index (χ0n) is 17.5. The van der Waals surface area contributed by atoms with Crippen molar-refractivity contribution >= 4 is 11.7 Å². The fourth-order valence-corrected chi connectivity index (χ4v) is 3.69. The molecule has 2 amide bonds. The van der Waals surface area contributed by atoms with E-state index in [0.717, 1.165) is 31.0 Å². The van der Waals surface area contributed by atoms with Crippen molar-refractivity contribution in [3.63, 3.8) is 0 Å². The van der Waals surface area contributed by atoms with Gasteiger partial charge in [0, 0.05) is 31.4 Å². The monoisotopic (exact) mass is 397 g/mol. The number of nitrogens with one attached hydrogen (secondary N) is 2. The highest BCUT2D eigenvalue weighted by Gasteiger charge is 2.23. The summed E-state index contributed by atoms with van der Waals surface area (Å²) in [5.74, 6) is 2.15. The molecule has 1 atom stereocenters. The molecule has 2 N–H and O–H groups in total. The summed E-state index contributed by atoms with van der Waals surface area (Å²) in [5.41, 5.74) is 3.51. The van der Waals surface area contributed by atoms with Crippen LogP contribution in [0.5, 0.6) is 11.5 Å². The maximum atomic E-state index is 12.0. The molecule has 6 heteroatoms. The van der Waals surface area contributed by atoms with E-state index in [1.807, 2.05) is 38.1 Å². The maximum absolute atomic E-state index is 12.0. The van der Waals surface area contributed by atoms with Crippen LogP contribution in [0.2, 0.25) is 0 Å². The lowest BCUT2D eigenvalue weighted by molar-refractivity contribution is 0.235. The van der Waals surface area contributed by atoms with E-state index in [9.17, 15) is 4.79 Å². The van der Waals surface area contributed by atoms with Crippen molar-refractivity contribution in [1.82, 2.24) is 10.6 Å². The van der Waals surface area contributed by atoms with Gasteiger partial charge in [-0.3, -0.25) is 0 Å². The van der Waals surface area contributed by atoms with Crippen molar-refractivity contribution in [1.29, 1.82) is 0 Å². The fourth-order valence-electron chi connectivity index (χ4n) is 3.69. The van der Waals surface area contributed by atoms with E-state index in [4.69, 9.17) is 9.47 Å². The highest BCUT2D eigenvalue weighted by molar-refractivity contribution is 5.73. The second-order valence-corrected chi connectivity index (χ2v) is 7.61. The SMILES string of the molecule is COc1cccc(N2CCC(CNC(=O)NCCOc3cc(C)cc(C)c3)C2)c1. The highest BCUT2D eigenvalue weighted by atomic mass is 16.5. The van der Waals surface area contributed by atoms with Crippen LogP contribution < -0.4 is 25.0 Å². The first-order chi connectivity index (χ1) is 14.0. The van der Waals surface area contributed by atoms with E-state index in [1.54, 1.807) is 7.11 Å². The van der Waals surface area contributed by atoms with Gasteiger partial charge in [0.1, 0.15) is 18.1 Å². The Morgan fingerprint density at radius 3 is 2.66 bits per heavy atom.